The number of aromatic amines is 1. The first-order valence-corrected chi connectivity index (χ1v) is 8.69. The zero-order valence-electron chi connectivity index (χ0n) is 15.9. The van der Waals surface area contributed by atoms with Gasteiger partial charge in [0.1, 0.15) is 18.9 Å². The lowest BCUT2D eigenvalue weighted by Crippen LogP contribution is -2.20. The third kappa shape index (κ3) is 4.39. The van der Waals surface area contributed by atoms with Crippen molar-refractivity contribution in [3.8, 4) is 11.9 Å². The maximum Gasteiger partial charge on any atom is 0.304 e. The van der Waals surface area contributed by atoms with Crippen LogP contribution >= 0.6 is 0 Å². The molecule has 1 aromatic carbocycles. The van der Waals surface area contributed by atoms with Crippen molar-refractivity contribution in [1.29, 1.82) is 5.26 Å². The first-order chi connectivity index (χ1) is 14.0. The highest BCUT2D eigenvalue weighted by Gasteiger charge is 2.20. The fourth-order valence-electron chi connectivity index (χ4n) is 2.77. The van der Waals surface area contributed by atoms with Gasteiger partial charge in [-0.3, -0.25) is 10.1 Å². The van der Waals surface area contributed by atoms with Crippen molar-refractivity contribution in [1.82, 2.24) is 4.57 Å². The molecule has 0 unspecified atom stereocenters. The van der Waals surface area contributed by atoms with E-state index in [1.54, 1.807) is 24.5 Å². The number of nitrogens with zero attached hydrogens (tertiary/aromatic N) is 5. The van der Waals surface area contributed by atoms with Crippen LogP contribution in [-0.2, 0) is 11.4 Å². The predicted octanol–water partition coefficient (Wildman–Crippen LogP) is 2.69. The van der Waals surface area contributed by atoms with Crippen LogP contribution in [0.4, 0.5) is 11.4 Å². The van der Waals surface area contributed by atoms with E-state index in [1.165, 1.54) is 12.1 Å². The number of aromatic nitrogens is 2. The van der Waals surface area contributed by atoms with Gasteiger partial charge >= 0.3 is 5.82 Å². The van der Waals surface area contributed by atoms with E-state index in [2.05, 4.69) is 16.2 Å². The van der Waals surface area contributed by atoms with Gasteiger partial charge in [0.15, 0.2) is 11.3 Å². The number of anilines is 1. The second-order valence-corrected chi connectivity index (χ2v) is 6.33. The van der Waals surface area contributed by atoms with E-state index in [0.717, 1.165) is 16.9 Å². The van der Waals surface area contributed by atoms with Crippen LogP contribution in [0.5, 0.6) is 0 Å². The lowest BCUT2D eigenvalue weighted by atomic mass is 10.2. The number of nitro groups is 1. The first kappa shape index (κ1) is 19.6. The van der Waals surface area contributed by atoms with Crippen LogP contribution in [0.1, 0.15) is 16.8 Å². The van der Waals surface area contributed by atoms with Crippen LogP contribution in [0.3, 0.4) is 0 Å². The molecule has 3 rings (SSSR count). The summed E-state index contributed by atoms with van der Waals surface area (Å²) >= 11 is 0. The normalized spacial score (nSPS) is 10.7. The number of hydrogen-bond donors (Lipinski definition) is 0. The molecule has 0 atom stereocenters. The van der Waals surface area contributed by atoms with E-state index in [0.29, 0.717) is 11.4 Å². The average molecular weight is 391 g/mol. The fourth-order valence-corrected chi connectivity index (χ4v) is 2.77. The molecule has 0 fully saturated rings. The predicted molar refractivity (Wildman–Crippen MR) is 107 cm³/mol. The Morgan fingerprint density at radius 3 is 2.72 bits per heavy atom. The van der Waals surface area contributed by atoms with Gasteiger partial charge in [-0.2, -0.15) is 9.83 Å². The summed E-state index contributed by atoms with van der Waals surface area (Å²) in [6.07, 6.45) is 5.14. The quantitative estimate of drug-likeness (QED) is 0.349. The van der Waals surface area contributed by atoms with Gasteiger partial charge in [-0.1, -0.05) is 5.16 Å². The number of pyridine rings is 1. The Bertz CT molecular complexity index is 1080. The molecular formula is C20H19N6O3+. The van der Waals surface area contributed by atoms with Gasteiger partial charge in [0.2, 0.25) is 0 Å². The summed E-state index contributed by atoms with van der Waals surface area (Å²) < 4.78 is 1.81. The summed E-state index contributed by atoms with van der Waals surface area (Å²) in [4.78, 5) is 20.5. The van der Waals surface area contributed by atoms with Crippen LogP contribution in [0, 0.1) is 21.4 Å². The van der Waals surface area contributed by atoms with Crippen LogP contribution < -0.4 is 9.88 Å². The zero-order chi connectivity index (χ0) is 20.8. The molecule has 0 aliphatic carbocycles. The van der Waals surface area contributed by atoms with Crippen LogP contribution in [0.15, 0.2) is 60.0 Å². The highest BCUT2D eigenvalue weighted by molar-refractivity contribution is 5.78. The van der Waals surface area contributed by atoms with Crippen LogP contribution in [0.25, 0.3) is 5.82 Å². The number of benzene rings is 1. The smallest absolute Gasteiger partial charge is 0.304 e. The molecule has 2 heterocycles. The fraction of sp³-hybridized carbons (Fsp3) is 0.150. The summed E-state index contributed by atoms with van der Waals surface area (Å²) in [5.41, 5.74) is 2.82. The Labute approximate surface area is 167 Å². The summed E-state index contributed by atoms with van der Waals surface area (Å²) in [6.45, 7) is 0.181. The highest BCUT2D eigenvalue weighted by Crippen LogP contribution is 2.21. The van der Waals surface area contributed by atoms with Crippen molar-refractivity contribution in [3.05, 3.63) is 81.8 Å². The topological polar surface area (TPSA) is 111 Å². The second-order valence-electron chi connectivity index (χ2n) is 6.33. The van der Waals surface area contributed by atoms with Gasteiger partial charge in [-0.25, -0.2) is 4.98 Å². The lowest BCUT2D eigenvalue weighted by Gasteiger charge is -2.13. The van der Waals surface area contributed by atoms with Crippen LogP contribution in [-0.4, -0.2) is 29.8 Å². The standard InChI is InChI=1S/C20H18N6O3/c1-24(2)19-9-10-22-20(18(19)12-21)25-11-3-4-17(25)13-23-29-14-15-5-7-16(8-6-15)26(27)28/h3-11,13H,14H2,1-2H3/p+1/b23-13-. The Balaban J connectivity index is 1.75. The molecule has 0 bridgehead atoms. The molecule has 0 saturated heterocycles. The molecule has 3 aromatic rings. The minimum atomic E-state index is -0.450. The van der Waals surface area contributed by atoms with Gasteiger partial charge in [0, 0.05) is 32.3 Å². The number of nitrogens with one attached hydrogen (secondary N) is 1. The molecule has 9 nitrogen and oxygen atoms in total. The molecule has 0 spiro atoms. The van der Waals surface area contributed by atoms with Gasteiger partial charge in [0.25, 0.3) is 5.69 Å². The summed E-state index contributed by atoms with van der Waals surface area (Å²) in [5.74, 6) is 0.625. The molecule has 9 heteroatoms. The summed E-state index contributed by atoms with van der Waals surface area (Å²) in [7, 11) is 3.76. The molecular weight excluding hydrogens is 372 g/mol. The minimum absolute atomic E-state index is 0.0274. The van der Waals surface area contributed by atoms with Crippen molar-refractivity contribution in [3.63, 3.8) is 0 Å². The number of oxime groups is 1. The van der Waals surface area contributed by atoms with Crippen molar-refractivity contribution in [2.75, 3.05) is 19.0 Å². The number of nitriles is 1. The Hall–Kier alpha value is -4.19. The molecule has 1 N–H and O–H groups in total. The molecule has 0 aliphatic heterocycles. The van der Waals surface area contributed by atoms with Crippen molar-refractivity contribution in [2.45, 2.75) is 6.61 Å². The molecule has 0 saturated carbocycles. The number of rotatable bonds is 7. The molecule has 29 heavy (non-hydrogen) atoms. The van der Waals surface area contributed by atoms with Gasteiger partial charge in [-0.15, -0.1) is 0 Å². The third-order valence-electron chi connectivity index (χ3n) is 4.21. The number of non-ortho nitro benzene ring substituents is 1. The summed E-state index contributed by atoms with van der Waals surface area (Å²) in [6, 6.07) is 13.9. The largest absolute Gasteiger partial charge is 0.391 e. The van der Waals surface area contributed by atoms with E-state index in [4.69, 9.17) is 4.84 Å². The Morgan fingerprint density at radius 1 is 1.31 bits per heavy atom. The minimum Gasteiger partial charge on any atom is -0.391 e. The van der Waals surface area contributed by atoms with Crippen molar-refractivity contribution in [2.24, 2.45) is 5.16 Å². The maximum atomic E-state index is 10.7. The first-order valence-electron chi connectivity index (χ1n) is 8.69. The Morgan fingerprint density at radius 2 is 2.07 bits per heavy atom. The lowest BCUT2D eigenvalue weighted by molar-refractivity contribution is -0.384. The van der Waals surface area contributed by atoms with Gasteiger partial charge < -0.3 is 9.74 Å². The number of hydrogen-bond acceptors (Lipinski definition) is 6. The second kappa shape index (κ2) is 8.67. The molecule has 146 valence electrons. The number of nitro benzene ring substituents is 1. The average Bonchev–Trinajstić information content (AvgIpc) is 3.19. The molecule has 0 radical (unpaired) electrons. The zero-order valence-corrected chi connectivity index (χ0v) is 15.9. The third-order valence-corrected chi connectivity index (χ3v) is 4.21. The van der Waals surface area contributed by atoms with Crippen molar-refractivity contribution >= 4 is 17.6 Å². The van der Waals surface area contributed by atoms with E-state index >= 15 is 0 Å². The monoisotopic (exact) mass is 391 g/mol. The molecule has 0 aliphatic rings. The van der Waals surface area contributed by atoms with E-state index in [1.807, 2.05) is 48.0 Å². The summed E-state index contributed by atoms with van der Waals surface area (Å²) in [5, 5.41) is 24.3. The van der Waals surface area contributed by atoms with E-state index in [9.17, 15) is 15.4 Å². The van der Waals surface area contributed by atoms with E-state index < -0.39 is 4.92 Å². The molecule has 2 aromatic heterocycles. The van der Waals surface area contributed by atoms with Gasteiger partial charge in [0.05, 0.1) is 23.0 Å². The van der Waals surface area contributed by atoms with Crippen LogP contribution in [0.2, 0.25) is 0 Å². The van der Waals surface area contributed by atoms with Crippen molar-refractivity contribution < 1.29 is 14.7 Å². The number of H-pyrrole nitrogens is 1. The Kier molecular flexibility index (Phi) is 5.85. The van der Waals surface area contributed by atoms with Gasteiger partial charge in [-0.05, 0) is 29.8 Å². The molecule has 0 amide bonds. The van der Waals surface area contributed by atoms with E-state index in [-0.39, 0.29) is 12.3 Å². The highest BCUT2D eigenvalue weighted by atomic mass is 16.6. The maximum absolute atomic E-state index is 10.7. The SMILES string of the molecule is CN(C)c1cc[nH+]c(-n2cccc2/C=N\OCc2ccc([N+](=O)[O-])cc2)c1C#N.